The van der Waals surface area contributed by atoms with Crippen LogP contribution in [0.5, 0.6) is 0 Å². The van der Waals surface area contributed by atoms with Crippen LogP contribution in [0.3, 0.4) is 0 Å². The zero-order valence-electron chi connectivity index (χ0n) is 9.35. The van der Waals surface area contributed by atoms with Gasteiger partial charge in [-0.2, -0.15) is 0 Å². The summed E-state index contributed by atoms with van der Waals surface area (Å²) in [4.78, 5) is 11.7. The normalized spacial score (nSPS) is 13.5. The third-order valence-corrected chi connectivity index (χ3v) is 2.11. The molecule has 2 heteroatoms. The number of carbonyl (C=O) groups is 1. The number of allylic oxidation sites excluding steroid dienone is 2. The zero-order valence-corrected chi connectivity index (χ0v) is 9.35. The fourth-order valence-corrected chi connectivity index (χ4v) is 1.64. The molecule has 76 valence electrons. The lowest BCUT2D eigenvalue weighted by molar-refractivity contribution is -0.124. The summed E-state index contributed by atoms with van der Waals surface area (Å²) in [6.07, 6.45) is 2.55. The number of hydrogen-bond acceptors (Lipinski definition) is 2. The van der Waals surface area contributed by atoms with Crippen molar-refractivity contribution in [3.05, 3.63) is 11.8 Å². The van der Waals surface area contributed by atoms with Crippen molar-refractivity contribution in [1.82, 2.24) is 0 Å². The third kappa shape index (κ3) is 3.62. The molecule has 0 saturated carbocycles. The first-order valence-corrected chi connectivity index (χ1v) is 4.78. The molecule has 0 saturated heterocycles. The van der Waals surface area contributed by atoms with Gasteiger partial charge in [-0.15, -0.1) is 0 Å². The zero-order chi connectivity index (χ0) is 10.6. The minimum atomic E-state index is -0.329. The number of hydrogen-bond donors (Lipinski definition) is 1. The molecule has 0 bridgehead atoms. The highest BCUT2D eigenvalue weighted by Crippen LogP contribution is 2.27. The maximum Gasteiger partial charge on any atom is 0.183 e. The van der Waals surface area contributed by atoms with E-state index in [4.69, 9.17) is 5.73 Å². The Balaban J connectivity index is 4.54. The second-order valence-electron chi connectivity index (χ2n) is 4.55. The van der Waals surface area contributed by atoms with Crippen LogP contribution in [-0.2, 0) is 4.79 Å². The Kier molecular flexibility index (Phi) is 4.18. The fourth-order valence-electron chi connectivity index (χ4n) is 1.64. The molecule has 0 unspecified atom stereocenters. The molecule has 2 nitrogen and oxygen atoms in total. The monoisotopic (exact) mass is 183 g/mol. The summed E-state index contributed by atoms with van der Waals surface area (Å²) >= 11 is 0. The van der Waals surface area contributed by atoms with E-state index in [1.807, 2.05) is 13.8 Å². The lowest BCUT2D eigenvalue weighted by Crippen LogP contribution is -2.30. The lowest BCUT2D eigenvalue weighted by Gasteiger charge is -2.25. The van der Waals surface area contributed by atoms with Crippen molar-refractivity contribution in [3.63, 3.8) is 0 Å². The number of rotatable bonds is 4. The van der Waals surface area contributed by atoms with Crippen molar-refractivity contribution in [1.29, 1.82) is 0 Å². The molecule has 13 heavy (non-hydrogen) atoms. The SMILES string of the molecule is C/C=C(\N)C(=O)C(C)(C)CC(C)C. The van der Waals surface area contributed by atoms with Crippen LogP contribution in [0.15, 0.2) is 11.8 Å². The molecule has 0 heterocycles. The van der Waals surface area contributed by atoms with E-state index < -0.39 is 0 Å². The van der Waals surface area contributed by atoms with E-state index in [1.165, 1.54) is 0 Å². The maximum absolute atomic E-state index is 11.7. The van der Waals surface area contributed by atoms with Crippen LogP contribution in [0.2, 0.25) is 0 Å². The van der Waals surface area contributed by atoms with E-state index in [1.54, 1.807) is 13.0 Å². The van der Waals surface area contributed by atoms with Gasteiger partial charge < -0.3 is 5.73 Å². The molecule has 0 atom stereocenters. The molecule has 0 amide bonds. The quantitative estimate of drug-likeness (QED) is 0.680. The van der Waals surface area contributed by atoms with Gasteiger partial charge in [0.15, 0.2) is 5.78 Å². The lowest BCUT2D eigenvalue weighted by atomic mass is 9.79. The van der Waals surface area contributed by atoms with E-state index in [2.05, 4.69) is 13.8 Å². The minimum absolute atomic E-state index is 0.0590. The smallest absolute Gasteiger partial charge is 0.183 e. The third-order valence-electron chi connectivity index (χ3n) is 2.11. The molecule has 0 spiro atoms. The molecule has 0 aromatic carbocycles. The van der Waals surface area contributed by atoms with Crippen LogP contribution in [-0.4, -0.2) is 5.78 Å². The van der Waals surface area contributed by atoms with Crippen molar-refractivity contribution in [2.45, 2.75) is 41.0 Å². The number of Topliss-reactive ketones (excluding diaryl/α,β-unsaturated/α-hetero) is 1. The van der Waals surface area contributed by atoms with Gasteiger partial charge in [-0.25, -0.2) is 0 Å². The molecular weight excluding hydrogens is 162 g/mol. The summed E-state index contributed by atoms with van der Waals surface area (Å²) in [5.41, 5.74) is 5.64. The molecular formula is C11H21NO. The Hall–Kier alpha value is -0.790. The molecule has 0 radical (unpaired) electrons. The second-order valence-corrected chi connectivity index (χ2v) is 4.55. The van der Waals surface area contributed by atoms with Gasteiger partial charge in [-0.05, 0) is 19.3 Å². The van der Waals surface area contributed by atoms with Gasteiger partial charge in [0.2, 0.25) is 0 Å². The number of ketones is 1. The molecule has 0 aliphatic carbocycles. The van der Waals surface area contributed by atoms with E-state index >= 15 is 0 Å². The molecule has 0 aromatic heterocycles. The molecule has 0 rings (SSSR count). The molecule has 2 N–H and O–H groups in total. The van der Waals surface area contributed by atoms with Crippen LogP contribution >= 0.6 is 0 Å². The van der Waals surface area contributed by atoms with Crippen LogP contribution in [0.4, 0.5) is 0 Å². The van der Waals surface area contributed by atoms with Gasteiger partial charge in [-0.1, -0.05) is 33.8 Å². The van der Waals surface area contributed by atoms with E-state index in [0.717, 1.165) is 6.42 Å². The topological polar surface area (TPSA) is 43.1 Å². The van der Waals surface area contributed by atoms with Crippen molar-refractivity contribution in [2.24, 2.45) is 17.1 Å². The number of carbonyl (C=O) groups excluding carboxylic acids is 1. The van der Waals surface area contributed by atoms with Crippen molar-refractivity contribution in [3.8, 4) is 0 Å². The standard InChI is InChI=1S/C11H21NO/c1-6-9(12)10(13)11(4,5)7-8(2)3/h6,8H,7,12H2,1-5H3/b9-6-. The van der Waals surface area contributed by atoms with Crippen LogP contribution in [0, 0.1) is 11.3 Å². The van der Waals surface area contributed by atoms with Gasteiger partial charge in [0.05, 0.1) is 5.70 Å². The Labute approximate surface area is 81.2 Å². The Morgan fingerprint density at radius 1 is 1.46 bits per heavy atom. The van der Waals surface area contributed by atoms with Crippen molar-refractivity contribution < 1.29 is 4.79 Å². The van der Waals surface area contributed by atoms with Gasteiger partial charge in [-0.3, -0.25) is 4.79 Å². The van der Waals surface area contributed by atoms with Crippen LogP contribution < -0.4 is 5.73 Å². The summed E-state index contributed by atoms with van der Waals surface area (Å²) in [6, 6.07) is 0. The summed E-state index contributed by atoms with van der Waals surface area (Å²) < 4.78 is 0. The first-order valence-electron chi connectivity index (χ1n) is 4.78. The highest BCUT2D eigenvalue weighted by Gasteiger charge is 2.29. The molecule has 0 aliphatic rings. The predicted molar refractivity (Wildman–Crippen MR) is 56.2 cm³/mol. The van der Waals surface area contributed by atoms with Crippen LogP contribution in [0.25, 0.3) is 0 Å². The molecule has 0 fully saturated rings. The van der Waals surface area contributed by atoms with E-state index in [0.29, 0.717) is 11.6 Å². The van der Waals surface area contributed by atoms with Gasteiger partial charge in [0.1, 0.15) is 0 Å². The first-order chi connectivity index (χ1) is 5.81. The maximum atomic E-state index is 11.7. The summed E-state index contributed by atoms with van der Waals surface area (Å²) in [5.74, 6) is 0.576. The molecule has 0 aliphatic heterocycles. The van der Waals surface area contributed by atoms with Crippen molar-refractivity contribution in [2.75, 3.05) is 0 Å². The van der Waals surface area contributed by atoms with Gasteiger partial charge in [0.25, 0.3) is 0 Å². The summed E-state index contributed by atoms with van der Waals surface area (Å²) in [7, 11) is 0. The predicted octanol–water partition coefficient (Wildman–Crippen LogP) is 2.49. The van der Waals surface area contributed by atoms with Gasteiger partial charge in [0, 0.05) is 5.41 Å². The summed E-state index contributed by atoms with van der Waals surface area (Å²) in [5, 5.41) is 0. The Morgan fingerprint density at radius 2 is 1.92 bits per heavy atom. The van der Waals surface area contributed by atoms with Crippen LogP contribution in [0.1, 0.15) is 41.0 Å². The van der Waals surface area contributed by atoms with Gasteiger partial charge >= 0.3 is 0 Å². The first kappa shape index (κ1) is 12.2. The Bertz CT molecular complexity index is 214. The fraction of sp³-hybridized carbons (Fsp3) is 0.727. The second kappa shape index (κ2) is 4.45. The Morgan fingerprint density at radius 3 is 2.23 bits per heavy atom. The largest absolute Gasteiger partial charge is 0.396 e. The van der Waals surface area contributed by atoms with E-state index in [-0.39, 0.29) is 11.2 Å². The minimum Gasteiger partial charge on any atom is -0.396 e. The number of nitrogens with two attached hydrogens (primary N) is 1. The highest BCUT2D eigenvalue weighted by molar-refractivity contribution is 5.98. The molecule has 0 aromatic rings. The highest BCUT2D eigenvalue weighted by atomic mass is 16.1. The summed E-state index contributed by atoms with van der Waals surface area (Å²) in [6.45, 7) is 9.91. The average Bonchev–Trinajstić information content (AvgIpc) is 1.99. The van der Waals surface area contributed by atoms with Crippen molar-refractivity contribution >= 4 is 5.78 Å². The average molecular weight is 183 g/mol. The van der Waals surface area contributed by atoms with E-state index in [9.17, 15) is 4.79 Å².